The predicted molar refractivity (Wildman–Crippen MR) is 114 cm³/mol. The van der Waals surface area contributed by atoms with E-state index < -0.39 is 28.3 Å². The van der Waals surface area contributed by atoms with E-state index in [2.05, 4.69) is 4.72 Å². The van der Waals surface area contributed by atoms with Gasteiger partial charge in [-0.1, -0.05) is 46.9 Å². The number of nitrogens with one attached hydrogen (secondary N) is 1. The molecule has 0 atom stereocenters. The third-order valence-corrected chi connectivity index (χ3v) is 7.62. The summed E-state index contributed by atoms with van der Waals surface area (Å²) in [4.78, 5) is -0.132. The van der Waals surface area contributed by atoms with E-state index in [1.165, 1.54) is 18.2 Å². The van der Waals surface area contributed by atoms with Crippen molar-refractivity contribution < 1.29 is 17.7 Å². The van der Waals surface area contributed by atoms with E-state index in [1.807, 2.05) is 27.7 Å². The number of halogens is 3. The molecule has 0 aliphatic carbocycles. The Labute approximate surface area is 180 Å². The van der Waals surface area contributed by atoms with Gasteiger partial charge in [0.1, 0.15) is 4.90 Å². The number of anilines is 1. The van der Waals surface area contributed by atoms with Crippen molar-refractivity contribution in [1.82, 2.24) is 0 Å². The molecule has 0 radical (unpaired) electrons. The normalized spacial score (nSPS) is 18.3. The average molecular weight is 463 g/mol. The standard InChI is InChI=1S/C18H19BCl3NO4S/c1-17(2)18(3,4)27-19(26-17)11-8-9-14(13(21)10-11)23-28(24,25)15-7-5-6-12(20)16(15)22/h5-10,23H,1-4H3. The summed E-state index contributed by atoms with van der Waals surface area (Å²) in [5.74, 6) is 0. The van der Waals surface area contributed by atoms with Crippen molar-refractivity contribution in [3.8, 4) is 0 Å². The maximum atomic E-state index is 12.7. The lowest BCUT2D eigenvalue weighted by atomic mass is 9.79. The SMILES string of the molecule is CC1(C)OB(c2ccc(NS(=O)(=O)c3cccc(Cl)c3Cl)c(Cl)c2)OC1(C)C. The van der Waals surface area contributed by atoms with Crippen LogP contribution in [0.15, 0.2) is 41.3 Å². The van der Waals surface area contributed by atoms with E-state index >= 15 is 0 Å². The largest absolute Gasteiger partial charge is 0.494 e. The van der Waals surface area contributed by atoms with E-state index in [9.17, 15) is 8.42 Å². The first-order valence-electron chi connectivity index (χ1n) is 8.46. The van der Waals surface area contributed by atoms with E-state index in [-0.39, 0.29) is 25.7 Å². The second-order valence-corrected chi connectivity index (χ2v) is 10.3. The second kappa shape index (κ2) is 7.38. The van der Waals surface area contributed by atoms with Gasteiger partial charge in [-0.05, 0) is 57.4 Å². The zero-order valence-electron chi connectivity index (χ0n) is 15.7. The van der Waals surface area contributed by atoms with Gasteiger partial charge in [-0.15, -0.1) is 0 Å². The lowest BCUT2D eigenvalue weighted by Gasteiger charge is -2.32. The van der Waals surface area contributed by atoms with Crippen molar-refractivity contribution in [3.63, 3.8) is 0 Å². The van der Waals surface area contributed by atoms with Crippen LogP contribution < -0.4 is 10.2 Å². The summed E-state index contributed by atoms with van der Waals surface area (Å²) < 4.78 is 39.8. The molecule has 3 rings (SSSR count). The molecule has 2 aromatic carbocycles. The molecule has 10 heteroatoms. The summed E-state index contributed by atoms with van der Waals surface area (Å²) in [7, 11) is -4.57. The summed E-state index contributed by atoms with van der Waals surface area (Å²) in [6.45, 7) is 7.80. The van der Waals surface area contributed by atoms with Crippen LogP contribution in [0.3, 0.4) is 0 Å². The Morgan fingerprint density at radius 1 is 0.929 bits per heavy atom. The first kappa shape index (κ1) is 21.7. The summed E-state index contributed by atoms with van der Waals surface area (Å²) in [6.07, 6.45) is 0. The molecule has 1 saturated heterocycles. The van der Waals surface area contributed by atoms with E-state index in [0.29, 0.717) is 5.46 Å². The first-order valence-corrected chi connectivity index (χ1v) is 11.1. The van der Waals surface area contributed by atoms with Crippen LogP contribution >= 0.6 is 34.8 Å². The topological polar surface area (TPSA) is 64.6 Å². The minimum atomic E-state index is -3.97. The lowest BCUT2D eigenvalue weighted by Crippen LogP contribution is -2.41. The number of hydrogen-bond donors (Lipinski definition) is 1. The lowest BCUT2D eigenvalue weighted by molar-refractivity contribution is 0.00578. The van der Waals surface area contributed by atoms with Gasteiger partial charge >= 0.3 is 7.12 Å². The zero-order chi connectivity index (χ0) is 20.9. The number of sulfonamides is 1. The Bertz CT molecular complexity index is 1010. The van der Waals surface area contributed by atoms with Crippen LogP contribution in [0, 0.1) is 0 Å². The van der Waals surface area contributed by atoms with Gasteiger partial charge in [-0.25, -0.2) is 8.42 Å². The minimum absolute atomic E-state index is 0.0540. The van der Waals surface area contributed by atoms with Crippen LogP contribution in [0.1, 0.15) is 27.7 Å². The molecule has 2 aromatic rings. The van der Waals surface area contributed by atoms with E-state index in [1.54, 1.807) is 18.2 Å². The smallest absolute Gasteiger partial charge is 0.399 e. The summed E-state index contributed by atoms with van der Waals surface area (Å²) in [5.41, 5.74) is -0.0908. The molecule has 150 valence electrons. The fraction of sp³-hybridized carbons (Fsp3) is 0.333. The van der Waals surface area contributed by atoms with Crippen LogP contribution in [0.4, 0.5) is 5.69 Å². The van der Waals surface area contributed by atoms with Crippen LogP contribution in [0.5, 0.6) is 0 Å². The molecule has 0 amide bonds. The van der Waals surface area contributed by atoms with Crippen molar-refractivity contribution in [1.29, 1.82) is 0 Å². The summed E-state index contributed by atoms with van der Waals surface area (Å²) in [5, 5.41) is 0.294. The molecule has 0 spiro atoms. The Balaban J connectivity index is 1.87. The third kappa shape index (κ3) is 4.02. The Kier molecular flexibility index (Phi) is 5.73. The Hall–Kier alpha value is -0.955. The molecule has 1 aliphatic rings. The first-order chi connectivity index (χ1) is 12.8. The quantitative estimate of drug-likeness (QED) is 0.666. The van der Waals surface area contributed by atoms with Crippen LogP contribution in [-0.4, -0.2) is 26.7 Å². The minimum Gasteiger partial charge on any atom is -0.399 e. The summed E-state index contributed by atoms with van der Waals surface area (Å²) in [6, 6.07) is 9.25. The zero-order valence-corrected chi connectivity index (χ0v) is 18.8. The van der Waals surface area contributed by atoms with Gasteiger partial charge < -0.3 is 9.31 Å². The molecule has 1 aliphatic heterocycles. The average Bonchev–Trinajstić information content (AvgIpc) is 2.79. The molecule has 0 bridgehead atoms. The second-order valence-electron chi connectivity index (χ2n) is 7.48. The van der Waals surface area contributed by atoms with Crippen LogP contribution in [0.2, 0.25) is 15.1 Å². The molecule has 0 aromatic heterocycles. The fourth-order valence-corrected chi connectivity index (χ4v) is 4.77. The highest BCUT2D eigenvalue weighted by atomic mass is 35.5. The molecule has 1 N–H and O–H groups in total. The van der Waals surface area contributed by atoms with Crippen LogP contribution in [0.25, 0.3) is 0 Å². The molecule has 0 saturated carbocycles. The number of hydrogen-bond acceptors (Lipinski definition) is 4. The summed E-state index contributed by atoms with van der Waals surface area (Å²) >= 11 is 18.3. The van der Waals surface area contributed by atoms with Crippen molar-refractivity contribution in [3.05, 3.63) is 51.5 Å². The maximum Gasteiger partial charge on any atom is 0.494 e. The molecule has 0 unspecified atom stereocenters. The molecule has 1 heterocycles. The Morgan fingerprint density at radius 3 is 2.11 bits per heavy atom. The van der Waals surface area contributed by atoms with Gasteiger partial charge in [0.25, 0.3) is 10.0 Å². The monoisotopic (exact) mass is 461 g/mol. The molecular formula is C18H19BCl3NO4S. The van der Waals surface area contributed by atoms with Gasteiger partial charge in [0.2, 0.25) is 0 Å². The predicted octanol–water partition coefficient (Wildman–Crippen LogP) is 4.75. The van der Waals surface area contributed by atoms with Crippen molar-refractivity contribution in [2.75, 3.05) is 4.72 Å². The Morgan fingerprint density at radius 2 is 1.54 bits per heavy atom. The molecule has 28 heavy (non-hydrogen) atoms. The van der Waals surface area contributed by atoms with Gasteiger partial charge in [-0.2, -0.15) is 0 Å². The van der Waals surface area contributed by atoms with E-state index in [4.69, 9.17) is 44.1 Å². The van der Waals surface area contributed by atoms with Gasteiger partial charge in [0, 0.05) is 0 Å². The van der Waals surface area contributed by atoms with Crippen molar-refractivity contribution >= 4 is 63.1 Å². The van der Waals surface area contributed by atoms with Gasteiger partial charge in [0.05, 0.1) is 32.0 Å². The highest BCUT2D eigenvalue weighted by molar-refractivity contribution is 7.92. The van der Waals surface area contributed by atoms with Crippen molar-refractivity contribution in [2.45, 2.75) is 43.8 Å². The molecule has 5 nitrogen and oxygen atoms in total. The molecule has 1 fully saturated rings. The third-order valence-electron chi connectivity index (χ3n) is 4.97. The maximum absolute atomic E-state index is 12.7. The number of benzene rings is 2. The van der Waals surface area contributed by atoms with Crippen molar-refractivity contribution in [2.24, 2.45) is 0 Å². The van der Waals surface area contributed by atoms with E-state index in [0.717, 1.165) is 0 Å². The van der Waals surface area contributed by atoms with Gasteiger partial charge in [-0.3, -0.25) is 4.72 Å². The van der Waals surface area contributed by atoms with Gasteiger partial charge in [0.15, 0.2) is 0 Å². The number of rotatable bonds is 4. The molecular weight excluding hydrogens is 443 g/mol. The highest BCUT2D eigenvalue weighted by Gasteiger charge is 2.51. The van der Waals surface area contributed by atoms with Crippen LogP contribution in [-0.2, 0) is 19.3 Å². The highest BCUT2D eigenvalue weighted by Crippen LogP contribution is 2.37. The fourth-order valence-electron chi connectivity index (χ4n) is 2.63.